The minimum Gasteiger partial charge on any atom is -0.459 e. The fourth-order valence-electron chi connectivity index (χ4n) is 2.12. The van der Waals surface area contributed by atoms with E-state index in [0.717, 1.165) is 19.3 Å². The second-order valence-electron chi connectivity index (χ2n) is 5.14. The molecule has 0 spiro atoms. The van der Waals surface area contributed by atoms with Gasteiger partial charge in [-0.3, -0.25) is 9.59 Å². The molecule has 0 saturated heterocycles. The normalized spacial score (nSPS) is 11.9. The summed E-state index contributed by atoms with van der Waals surface area (Å²) >= 11 is 1.29. The third-order valence-corrected chi connectivity index (χ3v) is 4.24. The summed E-state index contributed by atoms with van der Waals surface area (Å²) in [5, 5.41) is 7.88. The van der Waals surface area contributed by atoms with Crippen LogP contribution in [-0.4, -0.2) is 24.4 Å². The number of anilines is 1. The monoisotopic (exact) mass is 335 g/mol. The summed E-state index contributed by atoms with van der Waals surface area (Å²) in [6.45, 7) is 2.49. The molecule has 2 amide bonds. The van der Waals surface area contributed by atoms with Crippen LogP contribution in [0.3, 0.4) is 0 Å². The van der Waals surface area contributed by atoms with Crippen molar-refractivity contribution in [3.8, 4) is 0 Å². The Balaban J connectivity index is 2.02. The molecule has 1 atom stereocenters. The Bertz CT molecular complexity index is 637. The molecule has 0 aromatic carbocycles. The van der Waals surface area contributed by atoms with Crippen molar-refractivity contribution in [3.63, 3.8) is 0 Å². The third-order valence-electron chi connectivity index (χ3n) is 3.41. The molecule has 23 heavy (non-hydrogen) atoms. The van der Waals surface area contributed by atoms with Crippen LogP contribution in [-0.2, 0) is 0 Å². The quantitative estimate of drug-likeness (QED) is 0.691. The van der Waals surface area contributed by atoms with Crippen molar-refractivity contribution >= 4 is 28.2 Å². The number of rotatable bonds is 8. The Hall–Kier alpha value is -2.12. The molecular weight excluding hydrogens is 314 g/mol. The summed E-state index contributed by atoms with van der Waals surface area (Å²) in [5.41, 5.74) is 6.14. The molecule has 2 aromatic rings. The van der Waals surface area contributed by atoms with Crippen LogP contribution >= 0.6 is 11.3 Å². The van der Waals surface area contributed by atoms with Gasteiger partial charge in [0.05, 0.1) is 11.8 Å². The van der Waals surface area contributed by atoms with E-state index in [1.54, 1.807) is 23.6 Å². The number of hydrogen-bond donors (Lipinski definition) is 3. The Kier molecular flexibility index (Phi) is 6.37. The molecule has 7 heteroatoms. The van der Waals surface area contributed by atoms with E-state index in [2.05, 4.69) is 17.6 Å². The summed E-state index contributed by atoms with van der Waals surface area (Å²) in [4.78, 5) is 24.4. The van der Waals surface area contributed by atoms with Crippen molar-refractivity contribution in [1.82, 2.24) is 5.32 Å². The highest BCUT2D eigenvalue weighted by Gasteiger charge is 2.19. The van der Waals surface area contributed by atoms with Gasteiger partial charge in [0.25, 0.3) is 11.8 Å². The molecule has 4 N–H and O–H groups in total. The zero-order valence-electron chi connectivity index (χ0n) is 13.0. The number of hydrogen-bond acceptors (Lipinski definition) is 5. The highest BCUT2D eigenvalue weighted by molar-refractivity contribution is 7.14. The van der Waals surface area contributed by atoms with Gasteiger partial charge in [-0.1, -0.05) is 19.8 Å². The molecule has 0 aliphatic carbocycles. The highest BCUT2D eigenvalue weighted by atomic mass is 32.1. The molecule has 2 heterocycles. The van der Waals surface area contributed by atoms with Crippen LogP contribution in [0, 0.1) is 0 Å². The van der Waals surface area contributed by atoms with Crippen LogP contribution in [0.15, 0.2) is 34.3 Å². The standard InChI is InChI=1S/C16H21N3O3S/c1-2-3-5-11(10-17)18-14(20)12-7-9-23-16(12)19-15(21)13-6-4-8-22-13/h4,6-9,11H,2-3,5,10,17H2,1H3,(H,18,20)(H,19,21). The lowest BCUT2D eigenvalue weighted by Crippen LogP contribution is -2.40. The number of furan rings is 1. The van der Waals surface area contributed by atoms with Gasteiger partial charge in [0.1, 0.15) is 5.00 Å². The van der Waals surface area contributed by atoms with E-state index >= 15 is 0 Å². The maximum Gasteiger partial charge on any atom is 0.291 e. The van der Waals surface area contributed by atoms with Gasteiger partial charge >= 0.3 is 0 Å². The van der Waals surface area contributed by atoms with Crippen molar-refractivity contribution in [2.45, 2.75) is 32.2 Å². The number of thiophene rings is 1. The molecule has 1 unspecified atom stereocenters. The van der Waals surface area contributed by atoms with E-state index in [0.29, 0.717) is 17.1 Å². The predicted octanol–water partition coefficient (Wildman–Crippen LogP) is 2.84. The van der Waals surface area contributed by atoms with Crippen molar-refractivity contribution in [3.05, 3.63) is 41.2 Å². The molecule has 0 bridgehead atoms. The predicted molar refractivity (Wildman–Crippen MR) is 90.8 cm³/mol. The van der Waals surface area contributed by atoms with Gasteiger partial charge in [-0.2, -0.15) is 0 Å². The molecule has 124 valence electrons. The van der Waals surface area contributed by atoms with Gasteiger partial charge in [-0.15, -0.1) is 11.3 Å². The average Bonchev–Trinajstić information content (AvgIpc) is 3.22. The van der Waals surface area contributed by atoms with Crippen LogP contribution in [0.2, 0.25) is 0 Å². The van der Waals surface area contributed by atoms with Crippen LogP contribution in [0.4, 0.5) is 5.00 Å². The van der Waals surface area contributed by atoms with Gasteiger partial charge in [0, 0.05) is 12.6 Å². The molecule has 0 saturated carbocycles. The van der Waals surface area contributed by atoms with E-state index in [9.17, 15) is 9.59 Å². The molecule has 2 aromatic heterocycles. The van der Waals surface area contributed by atoms with Gasteiger partial charge in [-0.05, 0) is 30.0 Å². The first-order valence-electron chi connectivity index (χ1n) is 7.59. The first-order valence-corrected chi connectivity index (χ1v) is 8.47. The lowest BCUT2D eigenvalue weighted by molar-refractivity contribution is 0.0937. The molecular formula is C16H21N3O3S. The topological polar surface area (TPSA) is 97.4 Å². The van der Waals surface area contributed by atoms with E-state index in [-0.39, 0.29) is 23.6 Å². The van der Waals surface area contributed by atoms with E-state index in [1.165, 1.54) is 17.6 Å². The van der Waals surface area contributed by atoms with E-state index in [1.807, 2.05) is 0 Å². The van der Waals surface area contributed by atoms with Crippen molar-refractivity contribution in [2.24, 2.45) is 5.73 Å². The fraction of sp³-hybridized carbons (Fsp3) is 0.375. The number of nitrogens with two attached hydrogens (primary N) is 1. The lowest BCUT2D eigenvalue weighted by atomic mass is 10.1. The Morgan fingerprint density at radius 2 is 2.17 bits per heavy atom. The zero-order valence-corrected chi connectivity index (χ0v) is 13.8. The number of unbranched alkanes of at least 4 members (excludes halogenated alkanes) is 1. The molecule has 0 fully saturated rings. The summed E-state index contributed by atoms with van der Waals surface area (Å²) in [6.07, 6.45) is 4.33. The van der Waals surface area contributed by atoms with Crippen molar-refractivity contribution in [2.75, 3.05) is 11.9 Å². The van der Waals surface area contributed by atoms with Crippen LogP contribution in [0.5, 0.6) is 0 Å². The number of carbonyl (C=O) groups excluding carboxylic acids is 2. The zero-order chi connectivity index (χ0) is 16.7. The SMILES string of the molecule is CCCCC(CN)NC(=O)c1ccsc1NC(=O)c1ccco1. The van der Waals surface area contributed by atoms with E-state index in [4.69, 9.17) is 10.2 Å². The third kappa shape index (κ3) is 4.67. The fourth-order valence-corrected chi connectivity index (χ4v) is 2.90. The molecule has 0 radical (unpaired) electrons. The van der Waals surface area contributed by atoms with Gasteiger partial charge in [0.15, 0.2) is 5.76 Å². The first-order chi connectivity index (χ1) is 11.2. The summed E-state index contributed by atoms with van der Waals surface area (Å²) < 4.78 is 5.05. The summed E-state index contributed by atoms with van der Waals surface area (Å²) in [5.74, 6) is -0.409. The van der Waals surface area contributed by atoms with Crippen LogP contribution in [0.1, 0.15) is 47.1 Å². The molecule has 0 aliphatic rings. The number of amides is 2. The van der Waals surface area contributed by atoms with Gasteiger partial charge < -0.3 is 20.8 Å². The summed E-state index contributed by atoms with van der Waals surface area (Å²) in [7, 11) is 0. The summed E-state index contributed by atoms with van der Waals surface area (Å²) in [6, 6.07) is 4.83. The molecule has 2 rings (SSSR count). The van der Waals surface area contributed by atoms with Gasteiger partial charge in [0.2, 0.25) is 0 Å². The largest absolute Gasteiger partial charge is 0.459 e. The van der Waals surface area contributed by atoms with Crippen LogP contribution in [0.25, 0.3) is 0 Å². The maximum atomic E-state index is 12.4. The van der Waals surface area contributed by atoms with E-state index < -0.39 is 0 Å². The molecule has 0 aliphatic heterocycles. The van der Waals surface area contributed by atoms with Gasteiger partial charge in [-0.25, -0.2) is 0 Å². The second-order valence-corrected chi connectivity index (χ2v) is 6.06. The van der Waals surface area contributed by atoms with Crippen LogP contribution < -0.4 is 16.4 Å². The Morgan fingerprint density at radius 3 is 2.83 bits per heavy atom. The number of carbonyl (C=O) groups is 2. The Morgan fingerprint density at radius 1 is 1.35 bits per heavy atom. The lowest BCUT2D eigenvalue weighted by Gasteiger charge is -2.16. The minimum atomic E-state index is -0.382. The average molecular weight is 335 g/mol. The highest BCUT2D eigenvalue weighted by Crippen LogP contribution is 2.24. The number of nitrogens with one attached hydrogen (secondary N) is 2. The minimum absolute atomic E-state index is 0.0593. The first kappa shape index (κ1) is 17.2. The molecule has 6 nitrogen and oxygen atoms in total. The Labute approximate surface area is 139 Å². The smallest absolute Gasteiger partial charge is 0.291 e. The maximum absolute atomic E-state index is 12.4. The second kappa shape index (κ2) is 8.50. The van der Waals surface area contributed by atoms with Crippen molar-refractivity contribution in [1.29, 1.82) is 0 Å². The van der Waals surface area contributed by atoms with Crippen molar-refractivity contribution < 1.29 is 14.0 Å².